The number of rotatable bonds is 4. The van der Waals surface area contributed by atoms with Gasteiger partial charge >= 0.3 is 0 Å². The van der Waals surface area contributed by atoms with Crippen LogP contribution in [-0.4, -0.2) is 33.8 Å². The zero-order valence-electron chi connectivity index (χ0n) is 13.8. The minimum absolute atomic E-state index is 0.349. The second-order valence-electron chi connectivity index (χ2n) is 6.18. The third-order valence-electron chi connectivity index (χ3n) is 4.28. The van der Waals surface area contributed by atoms with E-state index in [2.05, 4.69) is 42.8 Å². The highest BCUT2D eigenvalue weighted by atomic mass is 32.2. The van der Waals surface area contributed by atoms with Gasteiger partial charge in [-0.1, -0.05) is 27.7 Å². The van der Waals surface area contributed by atoms with Crippen molar-refractivity contribution in [3.8, 4) is 0 Å². The lowest BCUT2D eigenvalue weighted by molar-refractivity contribution is 0.630. The highest BCUT2D eigenvalue weighted by Gasteiger charge is 2.26. The van der Waals surface area contributed by atoms with Gasteiger partial charge < -0.3 is 10.6 Å². The summed E-state index contributed by atoms with van der Waals surface area (Å²) in [5.41, 5.74) is 9.66. The first-order chi connectivity index (χ1) is 10.0. The van der Waals surface area contributed by atoms with Crippen LogP contribution in [0, 0.1) is 0 Å². The molecule has 1 fully saturated rings. The van der Waals surface area contributed by atoms with Crippen LogP contribution in [0.25, 0.3) is 0 Å². The maximum atomic E-state index is 6.05. The van der Waals surface area contributed by atoms with Crippen LogP contribution in [0.5, 0.6) is 0 Å². The molecule has 1 saturated heterocycles. The average molecular weight is 308 g/mol. The van der Waals surface area contributed by atoms with Crippen LogP contribution in [0.1, 0.15) is 50.9 Å². The molecule has 2 rings (SSSR count). The first kappa shape index (κ1) is 16.6. The Hall–Kier alpha value is -0.810. The van der Waals surface area contributed by atoms with Crippen LogP contribution < -0.4 is 10.6 Å². The molecular weight excluding hydrogens is 280 g/mol. The van der Waals surface area contributed by atoms with Crippen molar-refractivity contribution < 1.29 is 0 Å². The summed E-state index contributed by atoms with van der Waals surface area (Å²) >= 11 is 2.05. The Bertz CT molecular complexity index is 487. The summed E-state index contributed by atoms with van der Waals surface area (Å²) in [5.74, 6) is 2.15. The third kappa shape index (κ3) is 3.69. The number of hydrogen-bond donors (Lipinski definition) is 1. The third-order valence-corrected chi connectivity index (χ3v) is 5.65. The molecule has 2 heterocycles. The van der Waals surface area contributed by atoms with Crippen molar-refractivity contribution in [3.63, 3.8) is 0 Å². The van der Waals surface area contributed by atoms with E-state index < -0.39 is 0 Å². The predicted molar refractivity (Wildman–Crippen MR) is 92.0 cm³/mol. The van der Waals surface area contributed by atoms with Gasteiger partial charge in [0.1, 0.15) is 0 Å². The van der Waals surface area contributed by atoms with Gasteiger partial charge in [-0.3, -0.25) is 0 Å². The molecule has 0 aliphatic carbocycles. The summed E-state index contributed by atoms with van der Waals surface area (Å²) in [5, 5.41) is 8.99. The van der Waals surface area contributed by atoms with E-state index in [4.69, 9.17) is 5.73 Å². The molecule has 1 aromatic rings. The minimum atomic E-state index is 0.349. The van der Waals surface area contributed by atoms with E-state index in [1.807, 2.05) is 11.8 Å². The molecule has 0 radical (unpaired) electrons. The van der Waals surface area contributed by atoms with E-state index in [1.54, 1.807) is 0 Å². The Labute approximate surface area is 132 Å². The first-order valence-corrected chi connectivity index (χ1v) is 8.97. The predicted octanol–water partition coefficient (Wildman–Crippen LogP) is 2.78. The normalized spacial score (nSPS) is 18.6. The zero-order chi connectivity index (χ0) is 15.5. The Morgan fingerprint density at radius 2 is 1.90 bits per heavy atom. The van der Waals surface area contributed by atoms with Gasteiger partial charge in [-0.05, 0) is 24.8 Å². The fraction of sp³-hybridized carbons (Fsp3) is 0.750. The lowest BCUT2D eigenvalue weighted by atomic mass is 10.0. The number of aromatic nitrogens is 2. The fourth-order valence-corrected chi connectivity index (χ4v) is 4.04. The van der Waals surface area contributed by atoms with E-state index in [0.29, 0.717) is 11.3 Å². The van der Waals surface area contributed by atoms with Gasteiger partial charge in [0, 0.05) is 35.7 Å². The van der Waals surface area contributed by atoms with Crippen molar-refractivity contribution in [1.29, 1.82) is 0 Å². The largest absolute Gasteiger partial charge is 0.354 e. The van der Waals surface area contributed by atoms with Gasteiger partial charge in [0.05, 0.1) is 5.69 Å². The van der Waals surface area contributed by atoms with E-state index in [1.165, 1.54) is 17.5 Å². The van der Waals surface area contributed by atoms with Crippen LogP contribution in [-0.2, 0) is 19.4 Å². The molecule has 21 heavy (non-hydrogen) atoms. The Balaban J connectivity index is 2.35. The molecule has 0 bridgehead atoms. The van der Waals surface area contributed by atoms with Crippen molar-refractivity contribution in [2.45, 2.75) is 58.2 Å². The number of anilines is 1. The van der Waals surface area contributed by atoms with Gasteiger partial charge in [0.2, 0.25) is 0 Å². The molecule has 4 nitrogen and oxygen atoms in total. The van der Waals surface area contributed by atoms with Crippen molar-refractivity contribution in [1.82, 2.24) is 10.2 Å². The fourth-order valence-electron chi connectivity index (χ4n) is 2.94. The topological polar surface area (TPSA) is 55.0 Å². The zero-order valence-corrected chi connectivity index (χ0v) is 14.6. The van der Waals surface area contributed by atoms with Crippen LogP contribution in [0.3, 0.4) is 0 Å². The van der Waals surface area contributed by atoms with E-state index in [-0.39, 0.29) is 0 Å². The monoisotopic (exact) mass is 308 g/mol. The molecular formula is C16H28N4S. The average Bonchev–Trinajstić information content (AvgIpc) is 2.66. The number of hydrogen-bond acceptors (Lipinski definition) is 5. The summed E-state index contributed by atoms with van der Waals surface area (Å²) in [6.45, 7) is 11.6. The molecule has 0 atom stereocenters. The molecule has 0 unspecified atom stereocenters. The van der Waals surface area contributed by atoms with Gasteiger partial charge in [-0.25, -0.2) is 0 Å². The summed E-state index contributed by atoms with van der Waals surface area (Å²) in [4.78, 5) is 2.38. The molecule has 118 valence electrons. The second-order valence-corrected chi connectivity index (χ2v) is 7.99. The number of nitrogens with two attached hydrogens (primary N) is 1. The van der Waals surface area contributed by atoms with Crippen molar-refractivity contribution >= 4 is 17.6 Å². The van der Waals surface area contributed by atoms with Crippen LogP contribution >= 0.6 is 11.8 Å². The minimum Gasteiger partial charge on any atom is -0.354 e. The Kier molecular flexibility index (Phi) is 5.49. The lowest BCUT2D eigenvalue weighted by Crippen LogP contribution is -2.30. The van der Waals surface area contributed by atoms with E-state index in [0.717, 1.165) is 43.2 Å². The molecule has 0 saturated carbocycles. The SMILES string of the molecule is CCc1nnc(N2CCSC(C)(C)CC2)c(CN)c1CC. The standard InChI is InChI=1S/C16H28N4S/c1-5-12-13(11-17)15(19-18-14(12)6-2)20-8-7-16(3,4)21-10-9-20/h5-11,17H2,1-4H3. The van der Waals surface area contributed by atoms with Gasteiger partial charge in [-0.15, -0.1) is 5.10 Å². The Morgan fingerprint density at radius 3 is 2.52 bits per heavy atom. The molecule has 1 aromatic heterocycles. The van der Waals surface area contributed by atoms with Crippen molar-refractivity contribution in [3.05, 3.63) is 16.8 Å². The van der Waals surface area contributed by atoms with Crippen LogP contribution in [0.2, 0.25) is 0 Å². The van der Waals surface area contributed by atoms with Crippen molar-refractivity contribution in [2.75, 3.05) is 23.7 Å². The molecule has 0 spiro atoms. The molecule has 0 amide bonds. The summed E-state index contributed by atoms with van der Waals surface area (Å²) < 4.78 is 0.349. The molecule has 2 N–H and O–H groups in total. The highest BCUT2D eigenvalue weighted by molar-refractivity contribution is 8.00. The maximum absolute atomic E-state index is 6.05. The lowest BCUT2D eigenvalue weighted by Gasteiger charge is -2.26. The maximum Gasteiger partial charge on any atom is 0.156 e. The van der Waals surface area contributed by atoms with E-state index >= 15 is 0 Å². The summed E-state index contributed by atoms with van der Waals surface area (Å²) in [6.07, 6.45) is 3.07. The van der Waals surface area contributed by atoms with Crippen LogP contribution in [0.15, 0.2) is 0 Å². The number of aryl methyl sites for hydroxylation is 1. The molecule has 1 aliphatic heterocycles. The molecule has 1 aliphatic rings. The van der Waals surface area contributed by atoms with Gasteiger partial charge in [-0.2, -0.15) is 16.9 Å². The van der Waals surface area contributed by atoms with Crippen molar-refractivity contribution in [2.24, 2.45) is 5.73 Å². The number of nitrogens with zero attached hydrogens (tertiary/aromatic N) is 3. The van der Waals surface area contributed by atoms with Gasteiger partial charge in [0.25, 0.3) is 0 Å². The number of thioether (sulfide) groups is 1. The van der Waals surface area contributed by atoms with Crippen LogP contribution in [0.4, 0.5) is 5.82 Å². The highest BCUT2D eigenvalue weighted by Crippen LogP contribution is 2.33. The van der Waals surface area contributed by atoms with E-state index in [9.17, 15) is 0 Å². The Morgan fingerprint density at radius 1 is 1.14 bits per heavy atom. The first-order valence-electron chi connectivity index (χ1n) is 7.98. The van der Waals surface area contributed by atoms with Gasteiger partial charge in [0.15, 0.2) is 5.82 Å². The summed E-state index contributed by atoms with van der Waals surface area (Å²) in [6, 6.07) is 0. The second kappa shape index (κ2) is 6.97. The molecule has 0 aromatic carbocycles. The molecule has 5 heteroatoms. The summed E-state index contributed by atoms with van der Waals surface area (Å²) in [7, 11) is 0. The quantitative estimate of drug-likeness (QED) is 0.927. The smallest absolute Gasteiger partial charge is 0.156 e.